The highest BCUT2D eigenvalue weighted by atomic mass is 16.5. The number of anilines is 1. The number of nitrogens with zero attached hydrogens (tertiary/aromatic N) is 1. The summed E-state index contributed by atoms with van der Waals surface area (Å²) in [6, 6.07) is 15.3. The minimum atomic E-state index is -0.695. The molecule has 2 amide bonds. The molecule has 4 rings (SSSR count). The van der Waals surface area contributed by atoms with Crippen molar-refractivity contribution < 1.29 is 33.1 Å². The van der Waals surface area contributed by atoms with E-state index in [9.17, 15) is 19.2 Å². The Morgan fingerprint density at radius 3 is 2.56 bits per heavy atom. The minimum Gasteiger partial charge on any atom is -0.497 e. The van der Waals surface area contributed by atoms with E-state index in [2.05, 4.69) is 5.32 Å². The number of esters is 1. The number of hydrogen-bond donors (Lipinski definition) is 1. The Morgan fingerprint density at radius 1 is 1.06 bits per heavy atom. The number of rotatable bonds is 9. The zero-order chi connectivity index (χ0) is 24.1. The second-order valence-corrected chi connectivity index (χ2v) is 7.56. The average molecular weight is 462 g/mol. The zero-order valence-corrected chi connectivity index (χ0v) is 18.4. The summed E-state index contributed by atoms with van der Waals surface area (Å²) in [7, 11) is 1.49. The second kappa shape index (κ2) is 10.1. The lowest BCUT2D eigenvalue weighted by Gasteiger charge is -2.15. The number of carbonyl (C=O) groups excluding carboxylic acids is 4. The van der Waals surface area contributed by atoms with Crippen LogP contribution in [0.3, 0.4) is 0 Å². The summed E-state index contributed by atoms with van der Waals surface area (Å²) >= 11 is 0. The standard InChI is InChI=1S/C25H22N2O7/c1-32-19-5-2-4-17(12-19)22(28)15-34-25(31)16-7-9-18(10-8-16)27-23(29)13-21(24(27)30)26-14-20-6-3-11-33-20/h2-12,21,26H,13-15H2,1H3. The summed E-state index contributed by atoms with van der Waals surface area (Å²) in [4.78, 5) is 50.9. The van der Waals surface area contributed by atoms with E-state index in [-0.39, 0.29) is 29.6 Å². The molecule has 1 aromatic heterocycles. The Labute approximate surface area is 195 Å². The normalized spacial score (nSPS) is 15.4. The molecular formula is C25H22N2O7. The van der Waals surface area contributed by atoms with E-state index in [1.54, 1.807) is 36.4 Å². The van der Waals surface area contributed by atoms with Gasteiger partial charge in [0.2, 0.25) is 5.91 Å². The molecule has 0 saturated carbocycles. The Hall–Kier alpha value is -4.24. The Bertz CT molecular complexity index is 1200. The number of hydrogen-bond acceptors (Lipinski definition) is 8. The summed E-state index contributed by atoms with van der Waals surface area (Å²) in [5.74, 6) is -0.606. The van der Waals surface area contributed by atoms with Gasteiger partial charge in [0, 0.05) is 5.56 Å². The van der Waals surface area contributed by atoms with Crippen molar-refractivity contribution >= 4 is 29.3 Å². The third-order valence-electron chi connectivity index (χ3n) is 5.34. The van der Waals surface area contributed by atoms with Crippen LogP contribution in [0, 0.1) is 0 Å². The number of ketones is 1. The molecule has 0 aliphatic carbocycles. The zero-order valence-electron chi connectivity index (χ0n) is 18.4. The van der Waals surface area contributed by atoms with Crippen molar-refractivity contribution in [3.05, 3.63) is 83.8 Å². The van der Waals surface area contributed by atoms with Crippen molar-refractivity contribution in [1.82, 2.24) is 5.32 Å². The highest BCUT2D eigenvalue weighted by Crippen LogP contribution is 2.24. The van der Waals surface area contributed by atoms with Gasteiger partial charge in [-0.05, 0) is 48.5 Å². The van der Waals surface area contributed by atoms with Gasteiger partial charge in [0.25, 0.3) is 5.91 Å². The number of methoxy groups -OCH3 is 1. The molecule has 1 atom stereocenters. The molecule has 3 aromatic rings. The first-order valence-corrected chi connectivity index (χ1v) is 10.5. The van der Waals surface area contributed by atoms with E-state index in [1.807, 2.05) is 0 Å². The van der Waals surface area contributed by atoms with Crippen molar-refractivity contribution in [2.75, 3.05) is 18.6 Å². The fourth-order valence-corrected chi connectivity index (χ4v) is 3.54. The van der Waals surface area contributed by atoms with Gasteiger partial charge in [-0.15, -0.1) is 0 Å². The lowest BCUT2D eigenvalue weighted by Crippen LogP contribution is -2.38. The number of ether oxygens (including phenoxy) is 2. The molecule has 0 spiro atoms. The maximum atomic E-state index is 12.7. The monoisotopic (exact) mass is 462 g/mol. The van der Waals surface area contributed by atoms with Gasteiger partial charge < -0.3 is 13.9 Å². The number of benzene rings is 2. The average Bonchev–Trinajstić information content (AvgIpc) is 3.48. The summed E-state index contributed by atoms with van der Waals surface area (Å²) < 4.78 is 15.4. The first-order valence-electron chi connectivity index (χ1n) is 10.5. The molecule has 1 aliphatic rings. The van der Waals surface area contributed by atoms with Crippen LogP contribution in [-0.2, 0) is 20.9 Å². The molecule has 2 aromatic carbocycles. The molecule has 9 heteroatoms. The van der Waals surface area contributed by atoms with E-state index in [1.165, 1.54) is 37.6 Å². The fourth-order valence-electron chi connectivity index (χ4n) is 3.54. The van der Waals surface area contributed by atoms with Crippen molar-refractivity contribution in [3.8, 4) is 5.75 Å². The van der Waals surface area contributed by atoms with Crippen LogP contribution in [-0.4, -0.2) is 43.3 Å². The maximum absolute atomic E-state index is 12.7. The van der Waals surface area contributed by atoms with Crippen LogP contribution in [0.15, 0.2) is 71.3 Å². The maximum Gasteiger partial charge on any atom is 0.338 e. The molecule has 34 heavy (non-hydrogen) atoms. The molecule has 1 aliphatic heterocycles. The highest BCUT2D eigenvalue weighted by molar-refractivity contribution is 6.22. The topological polar surface area (TPSA) is 115 Å². The first-order chi connectivity index (χ1) is 16.5. The van der Waals surface area contributed by atoms with Crippen molar-refractivity contribution in [1.29, 1.82) is 0 Å². The van der Waals surface area contributed by atoms with E-state index in [4.69, 9.17) is 13.9 Å². The minimum absolute atomic E-state index is 0.0235. The molecule has 0 bridgehead atoms. The smallest absolute Gasteiger partial charge is 0.338 e. The van der Waals surface area contributed by atoms with Crippen LogP contribution < -0.4 is 15.0 Å². The molecule has 174 valence electrons. The van der Waals surface area contributed by atoms with E-state index in [0.29, 0.717) is 29.3 Å². The van der Waals surface area contributed by atoms with Gasteiger partial charge >= 0.3 is 5.97 Å². The molecule has 9 nitrogen and oxygen atoms in total. The highest BCUT2D eigenvalue weighted by Gasteiger charge is 2.39. The number of carbonyl (C=O) groups is 4. The lowest BCUT2D eigenvalue weighted by atomic mass is 10.1. The van der Waals surface area contributed by atoms with Crippen LogP contribution >= 0.6 is 0 Å². The van der Waals surface area contributed by atoms with Crippen LogP contribution in [0.1, 0.15) is 32.9 Å². The van der Waals surface area contributed by atoms with Gasteiger partial charge in [-0.3, -0.25) is 19.7 Å². The number of imide groups is 1. The Morgan fingerprint density at radius 2 is 1.85 bits per heavy atom. The van der Waals surface area contributed by atoms with Gasteiger partial charge in [0.15, 0.2) is 12.4 Å². The second-order valence-electron chi connectivity index (χ2n) is 7.56. The fraction of sp³-hybridized carbons (Fsp3) is 0.200. The molecule has 1 fully saturated rings. The molecular weight excluding hydrogens is 440 g/mol. The third-order valence-corrected chi connectivity index (χ3v) is 5.34. The van der Waals surface area contributed by atoms with Crippen LogP contribution in [0.2, 0.25) is 0 Å². The van der Waals surface area contributed by atoms with E-state index >= 15 is 0 Å². The summed E-state index contributed by atoms with van der Waals surface area (Å²) in [6.07, 6.45) is 1.56. The van der Waals surface area contributed by atoms with Gasteiger partial charge in [0.1, 0.15) is 11.5 Å². The first kappa shape index (κ1) is 22.9. The van der Waals surface area contributed by atoms with Crippen molar-refractivity contribution in [2.24, 2.45) is 0 Å². The summed E-state index contributed by atoms with van der Waals surface area (Å²) in [5, 5.41) is 3.02. The van der Waals surface area contributed by atoms with E-state index < -0.39 is 18.6 Å². The van der Waals surface area contributed by atoms with Gasteiger partial charge in [-0.25, -0.2) is 9.69 Å². The van der Waals surface area contributed by atoms with Gasteiger partial charge in [-0.2, -0.15) is 0 Å². The molecule has 2 heterocycles. The van der Waals surface area contributed by atoms with Crippen LogP contribution in [0.4, 0.5) is 5.69 Å². The molecule has 1 N–H and O–H groups in total. The lowest BCUT2D eigenvalue weighted by molar-refractivity contribution is -0.121. The predicted octanol–water partition coefficient (Wildman–Crippen LogP) is 2.75. The number of nitrogens with one attached hydrogen (secondary N) is 1. The molecule has 0 radical (unpaired) electrons. The number of furan rings is 1. The largest absolute Gasteiger partial charge is 0.497 e. The number of amides is 2. The summed E-state index contributed by atoms with van der Waals surface area (Å²) in [5.41, 5.74) is 0.902. The Balaban J connectivity index is 1.34. The molecule has 1 unspecified atom stereocenters. The SMILES string of the molecule is COc1cccc(C(=O)COC(=O)c2ccc(N3C(=O)CC(NCc4ccco4)C3=O)cc2)c1. The predicted molar refractivity (Wildman–Crippen MR) is 120 cm³/mol. The number of Topliss-reactive ketones (excluding diaryl/α,β-unsaturated/α-hetero) is 1. The van der Waals surface area contributed by atoms with Gasteiger partial charge in [0.05, 0.1) is 43.6 Å². The van der Waals surface area contributed by atoms with Crippen molar-refractivity contribution in [2.45, 2.75) is 19.0 Å². The van der Waals surface area contributed by atoms with E-state index in [0.717, 1.165) is 4.90 Å². The van der Waals surface area contributed by atoms with Crippen LogP contribution in [0.25, 0.3) is 0 Å². The van der Waals surface area contributed by atoms with Gasteiger partial charge in [-0.1, -0.05) is 12.1 Å². The van der Waals surface area contributed by atoms with Crippen LogP contribution in [0.5, 0.6) is 5.75 Å². The van der Waals surface area contributed by atoms with Crippen molar-refractivity contribution in [3.63, 3.8) is 0 Å². The quantitative estimate of drug-likeness (QED) is 0.293. The Kier molecular flexibility index (Phi) is 6.84. The summed E-state index contributed by atoms with van der Waals surface area (Å²) in [6.45, 7) is -0.107. The molecule has 1 saturated heterocycles. The third kappa shape index (κ3) is 5.05.